The molecule has 21 heavy (non-hydrogen) atoms. The molecule has 0 saturated heterocycles. The minimum atomic E-state index is -0.446. The van der Waals surface area contributed by atoms with Gasteiger partial charge in [-0.1, -0.05) is 6.07 Å². The number of carbonyl (C=O) groups excluding carboxylic acids is 2. The highest BCUT2D eigenvalue weighted by Gasteiger charge is 2.19. The summed E-state index contributed by atoms with van der Waals surface area (Å²) in [6, 6.07) is 5.20. The molecular formula is C15H20N2O4. The Labute approximate surface area is 123 Å². The summed E-state index contributed by atoms with van der Waals surface area (Å²) in [6.07, 6.45) is -0.0772. The summed E-state index contributed by atoms with van der Waals surface area (Å²) in [6.45, 7) is 5.06. The molecule has 0 aromatic heterocycles. The summed E-state index contributed by atoms with van der Waals surface area (Å²) < 4.78 is 10.7. The number of hydrogen-bond acceptors (Lipinski definition) is 4. The maximum absolute atomic E-state index is 12.1. The van der Waals surface area contributed by atoms with E-state index in [0.29, 0.717) is 30.9 Å². The first kappa shape index (κ1) is 15.5. The van der Waals surface area contributed by atoms with Crippen molar-refractivity contribution in [2.75, 3.05) is 25.1 Å². The van der Waals surface area contributed by atoms with E-state index in [0.717, 1.165) is 5.56 Å². The molecule has 1 aliphatic rings. The highest BCUT2D eigenvalue weighted by Crippen LogP contribution is 2.23. The summed E-state index contributed by atoms with van der Waals surface area (Å²) in [5, 5.41) is 5.50. The van der Waals surface area contributed by atoms with Crippen LogP contribution in [0.15, 0.2) is 18.2 Å². The standard InChI is InChI=1S/C15H20N2O4/c1-3-20-14(21-4-2)9-16-15(19)11-6-5-10-8-13(18)17-12(10)7-11/h5-7,14H,3-4,8-9H2,1-2H3,(H,16,19)(H,17,18). The monoisotopic (exact) mass is 292 g/mol. The van der Waals surface area contributed by atoms with Gasteiger partial charge in [0.25, 0.3) is 5.91 Å². The molecule has 114 valence electrons. The molecule has 0 unspecified atom stereocenters. The Morgan fingerprint density at radius 2 is 2.05 bits per heavy atom. The number of hydrogen-bond donors (Lipinski definition) is 2. The fraction of sp³-hybridized carbons (Fsp3) is 0.467. The maximum Gasteiger partial charge on any atom is 0.251 e. The number of fused-ring (bicyclic) bond motifs is 1. The zero-order valence-electron chi connectivity index (χ0n) is 12.3. The van der Waals surface area contributed by atoms with Gasteiger partial charge in [-0.05, 0) is 31.5 Å². The largest absolute Gasteiger partial charge is 0.351 e. The van der Waals surface area contributed by atoms with E-state index in [1.165, 1.54) is 0 Å². The van der Waals surface area contributed by atoms with Crippen molar-refractivity contribution in [1.82, 2.24) is 5.32 Å². The van der Waals surface area contributed by atoms with Crippen LogP contribution in [0.25, 0.3) is 0 Å². The molecule has 0 bridgehead atoms. The molecule has 0 radical (unpaired) electrons. The number of rotatable bonds is 7. The Morgan fingerprint density at radius 3 is 2.71 bits per heavy atom. The molecule has 6 nitrogen and oxygen atoms in total. The molecule has 0 atom stereocenters. The highest BCUT2D eigenvalue weighted by atomic mass is 16.7. The fourth-order valence-electron chi connectivity index (χ4n) is 2.17. The van der Waals surface area contributed by atoms with Gasteiger partial charge in [0, 0.05) is 24.5 Å². The Bertz CT molecular complexity index is 524. The molecule has 2 amide bonds. The lowest BCUT2D eigenvalue weighted by Gasteiger charge is -2.17. The van der Waals surface area contributed by atoms with E-state index in [9.17, 15) is 9.59 Å². The Hall–Kier alpha value is -1.92. The smallest absolute Gasteiger partial charge is 0.251 e. The van der Waals surface area contributed by atoms with Crippen LogP contribution in [0.2, 0.25) is 0 Å². The molecule has 1 aliphatic heterocycles. The highest BCUT2D eigenvalue weighted by molar-refractivity contribution is 6.02. The minimum Gasteiger partial charge on any atom is -0.351 e. The maximum atomic E-state index is 12.1. The van der Waals surface area contributed by atoms with Crippen molar-refractivity contribution in [3.05, 3.63) is 29.3 Å². The van der Waals surface area contributed by atoms with Gasteiger partial charge in [-0.2, -0.15) is 0 Å². The van der Waals surface area contributed by atoms with E-state index in [1.54, 1.807) is 18.2 Å². The van der Waals surface area contributed by atoms with Gasteiger partial charge in [-0.15, -0.1) is 0 Å². The van der Waals surface area contributed by atoms with E-state index in [-0.39, 0.29) is 18.4 Å². The summed E-state index contributed by atoms with van der Waals surface area (Å²) >= 11 is 0. The van der Waals surface area contributed by atoms with Crippen LogP contribution in [0.3, 0.4) is 0 Å². The first-order chi connectivity index (χ1) is 10.1. The number of amides is 2. The van der Waals surface area contributed by atoms with E-state index in [1.807, 2.05) is 13.8 Å². The lowest BCUT2D eigenvalue weighted by Crippen LogP contribution is -2.35. The van der Waals surface area contributed by atoms with Crippen molar-refractivity contribution in [3.63, 3.8) is 0 Å². The summed E-state index contributed by atoms with van der Waals surface area (Å²) in [4.78, 5) is 23.4. The molecule has 1 heterocycles. The summed E-state index contributed by atoms with van der Waals surface area (Å²) in [5.74, 6) is -0.265. The molecule has 1 aromatic carbocycles. The minimum absolute atomic E-state index is 0.0460. The van der Waals surface area contributed by atoms with Gasteiger partial charge in [-0.3, -0.25) is 9.59 Å². The van der Waals surface area contributed by atoms with E-state index >= 15 is 0 Å². The number of carbonyl (C=O) groups is 2. The third-order valence-corrected chi connectivity index (χ3v) is 3.13. The second kappa shape index (κ2) is 7.19. The predicted octanol–water partition coefficient (Wildman–Crippen LogP) is 1.31. The second-order valence-corrected chi connectivity index (χ2v) is 4.65. The van der Waals surface area contributed by atoms with Crippen molar-refractivity contribution in [1.29, 1.82) is 0 Å². The number of nitrogens with one attached hydrogen (secondary N) is 2. The molecular weight excluding hydrogens is 272 g/mol. The number of benzene rings is 1. The SMILES string of the molecule is CCOC(CNC(=O)c1ccc2c(c1)NC(=O)C2)OCC. The van der Waals surface area contributed by atoms with Crippen molar-refractivity contribution >= 4 is 17.5 Å². The van der Waals surface area contributed by atoms with Gasteiger partial charge in [0.05, 0.1) is 13.0 Å². The van der Waals surface area contributed by atoms with Crippen LogP contribution in [-0.4, -0.2) is 37.9 Å². The predicted molar refractivity (Wildman–Crippen MR) is 78.1 cm³/mol. The topological polar surface area (TPSA) is 76.7 Å². The average Bonchev–Trinajstić information content (AvgIpc) is 2.84. The van der Waals surface area contributed by atoms with Gasteiger partial charge in [-0.25, -0.2) is 0 Å². The zero-order chi connectivity index (χ0) is 15.2. The van der Waals surface area contributed by atoms with Crippen LogP contribution in [-0.2, 0) is 20.7 Å². The molecule has 0 fully saturated rings. The van der Waals surface area contributed by atoms with Gasteiger partial charge >= 0.3 is 0 Å². The molecule has 6 heteroatoms. The quantitative estimate of drug-likeness (QED) is 0.743. The number of ether oxygens (including phenoxy) is 2. The van der Waals surface area contributed by atoms with Crippen LogP contribution in [0.5, 0.6) is 0 Å². The van der Waals surface area contributed by atoms with Gasteiger partial charge in [0.2, 0.25) is 5.91 Å². The molecule has 1 aromatic rings. The zero-order valence-corrected chi connectivity index (χ0v) is 12.3. The third kappa shape index (κ3) is 4.03. The Kier molecular flexibility index (Phi) is 5.30. The average molecular weight is 292 g/mol. The first-order valence-electron chi connectivity index (χ1n) is 7.08. The van der Waals surface area contributed by atoms with E-state index < -0.39 is 6.29 Å². The van der Waals surface area contributed by atoms with Crippen LogP contribution >= 0.6 is 0 Å². The Balaban J connectivity index is 1.94. The molecule has 2 N–H and O–H groups in total. The van der Waals surface area contributed by atoms with E-state index in [4.69, 9.17) is 9.47 Å². The van der Waals surface area contributed by atoms with Gasteiger partial charge < -0.3 is 20.1 Å². The van der Waals surface area contributed by atoms with Crippen LogP contribution < -0.4 is 10.6 Å². The van der Waals surface area contributed by atoms with Crippen LogP contribution in [0.1, 0.15) is 29.8 Å². The molecule has 0 saturated carbocycles. The normalized spacial score (nSPS) is 13.2. The Morgan fingerprint density at radius 1 is 1.33 bits per heavy atom. The second-order valence-electron chi connectivity index (χ2n) is 4.65. The van der Waals surface area contributed by atoms with E-state index in [2.05, 4.69) is 10.6 Å². The lowest BCUT2D eigenvalue weighted by molar-refractivity contribution is -0.131. The first-order valence-corrected chi connectivity index (χ1v) is 7.08. The van der Waals surface area contributed by atoms with Crippen molar-refractivity contribution in [2.24, 2.45) is 0 Å². The number of anilines is 1. The third-order valence-electron chi connectivity index (χ3n) is 3.13. The van der Waals surface area contributed by atoms with Crippen LogP contribution in [0, 0.1) is 0 Å². The lowest BCUT2D eigenvalue weighted by atomic mass is 10.1. The molecule has 0 spiro atoms. The van der Waals surface area contributed by atoms with Crippen molar-refractivity contribution in [3.8, 4) is 0 Å². The van der Waals surface area contributed by atoms with Crippen molar-refractivity contribution in [2.45, 2.75) is 26.6 Å². The van der Waals surface area contributed by atoms with Gasteiger partial charge in [0.15, 0.2) is 6.29 Å². The van der Waals surface area contributed by atoms with Crippen molar-refractivity contribution < 1.29 is 19.1 Å². The molecule has 0 aliphatic carbocycles. The van der Waals surface area contributed by atoms with Gasteiger partial charge in [0.1, 0.15) is 0 Å². The molecule has 2 rings (SSSR count). The summed E-state index contributed by atoms with van der Waals surface area (Å²) in [7, 11) is 0. The summed E-state index contributed by atoms with van der Waals surface area (Å²) in [5.41, 5.74) is 2.12. The fourth-order valence-corrected chi connectivity index (χ4v) is 2.17. The van der Waals surface area contributed by atoms with Crippen LogP contribution in [0.4, 0.5) is 5.69 Å².